The number of hydrogen-bond acceptors (Lipinski definition) is 3. The first-order valence-electron chi connectivity index (χ1n) is 7.04. The monoisotopic (exact) mass is 312 g/mol. The summed E-state index contributed by atoms with van der Waals surface area (Å²) in [5.41, 5.74) is 1.56. The molecule has 0 aliphatic heterocycles. The Bertz CT molecular complexity index is 900. The molecule has 0 aliphatic carbocycles. The average molecular weight is 312 g/mol. The Balaban J connectivity index is 2.14. The number of carbonyl (C=O) groups excluding carboxylic acids is 1. The van der Waals surface area contributed by atoms with Gasteiger partial charge in [-0.2, -0.15) is 10.1 Å². The van der Waals surface area contributed by atoms with E-state index in [0.29, 0.717) is 23.6 Å². The highest BCUT2D eigenvalue weighted by Crippen LogP contribution is 2.16. The van der Waals surface area contributed by atoms with Gasteiger partial charge in [0, 0.05) is 19.3 Å². The largest absolute Gasteiger partial charge is 0.312 e. The minimum atomic E-state index is -0.274. The van der Waals surface area contributed by atoms with Crippen LogP contribution in [0.2, 0.25) is 0 Å². The van der Waals surface area contributed by atoms with Gasteiger partial charge in [-0.15, -0.1) is 6.58 Å². The van der Waals surface area contributed by atoms with Crippen molar-refractivity contribution in [3.8, 4) is 0 Å². The molecule has 6 heteroatoms. The fraction of sp³-hybridized carbons (Fsp3) is 0.188. The summed E-state index contributed by atoms with van der Waals surface area (Å²) in [4.78, 5) is 17.4. The topological polar surface area (TPSA) is 52.2 Å². The van der Waals surface area contributed by atoms with Crippen molar-refractivity contribution >= 4 is 27.5 Å². The Kier molecular flexibility index (Phi) is 4.02. The van der Waals surface area contributed by atoms with Gasteiger partial charge in [-0.25, -0.2) is 0 Å². The molecule has 3 aromatic rings. The van der Waals surface area contributed by atoms with E-state index >= 15 is 0 Å². The van der Waals surface area contributed by atoms with E-state index in [9.17, 15) is 4.79 Å². The van der Waals surface area contributed by atoms with E-state index in [0.717, 1.165) is 10.2 Å². The fourth-order valence-corrected chi connectivity index (χ4v) is 3.36. The number of para-hydroxylation sites is 1. The minimum absolute atomic E-state index is 0.274. The first kappa shape index (κ1) is 14.5. The maximum Gasteiger partial charge on any atom is 0.297 e. The Hall–Kier alpha value is -2.47. The molecule has 0 fully saturated rings. The van der Waals surface area contributed by atoms with Crippen LogP contribution in [0, 0.1) is 0 Å². The predicted octanol–water partition coefficient (Wildman–Crippen LogP) is 2.85. The fourth-order valence-electron chi connectivity index (χ4n) is 2.32. The third-order valence-corrected chi connectivity index (χ3v) is 4.39. The van der Waals surface area contributed by atoms with Crippen molar-refractivity contribution in [2.24, 2.45) is 4.99 Å². The van der Waals surface area contributed by atoms with Gasteiger partial charge in [-0.3, -0.25) is 9.48 Å². The lowest BCUT2D eigenvalue weighted by Crippen LogP contribution is -2.17. The number of fused-ring (bicyclic) bond motifs is 1. The van der Waals surface area contributed by atoms with Gasteiger partial charge in [-0.1, -0.05) is 29.5 Å². The van der Waals surface area contributed by atoms with Crippen LogP contribution in [-0.2, 0) is 13.1 Å². The number of benzene rings is 1. The quantitative estimate of drug-likeness (QED) is 0.696. The molecule has 2 heterocycles. The van der Waals surface area contributed by atoms with Crippen molar-refractivity contribution in [1.29, 1.82) is 0 Å². The molecule has 22 heavy (non-hydrogen) atoms. The molecule has 0 N–H and O–H groups in total. The number of aryl methyl sites for hydroxylation is 1. The lowest BCUT2D eigenvalue weighted by molar-refractivity contribution is 0.0987. The summed E-state index contributed by atoms with van der Waals surface area (Å²) in [6.45, 7) is 6.98. The van der Waals surface area contributed by atoms with Gasteiger partial charge < -0.3 is 4.57 Å². The van der Waals surface area contributed by atoms with E-state index in [1.54, 1.807) is 23.0 Å². The average Bonchev–Trinajstić information content (AvgIpc) is 3.13. The van der Waals surface area contributed by atoms with Crippen LogP contribution in [0.4, 0.5) is 0 Å². The molecule has 0 saturated heterocycles. The third-order valence-electron chi connectivity index (χ3n) is 3.33. The molecule has 0 aliphatic rings. The zero-order valence-electron chi connectivity index (χ0n) is 12.3. The smallest absolute Gasteiger partial charge is 0.297 e. The number of rotatable bonds is 4. The van der Waals surface area contributed by atoms with Crippen molar-refractivity contribution in [3.05, 3.63) is 59.7 Å². The van der Waals surface area contributed by atoms with Crippen LogP contribution in [0.5, 0.6) is 0 Å². The van der Waals surface area contributed by atoms with E-state index in [2.05, 4.69) is 16.7 Å². The summed E-state index contributed by atoms with van der Waals surface area (Å²) in [6, 6.07) is 9.70. The van der Waals surface area contributed by atoms with Gasteiger partial charge in [0.15, 0.2) is 4.80 Å². The second kappa shape index (κ2) is 6.11. The number of thiazole rings is 1. The Morgan fingerprint density at radius 3 is 3.00 bits per heavy atom. The van der Waals surface area contributed by atoms with Crippen molar-refractivity contribution in [1.82, 2.24) is 14.3 Å². The molecule has 0 unspecified atom stereocenters. The van der Waals surface area contributed by atoms with E-state index in [4.69, 9.17) is 0 Å². The van der Waals surface area contributed by atoms with E-state index in [1.165, 1.54) is 11.3 Å². The maximum atomic E-state index is 12.4. The SMILES string of the molecule is C=CCn1c(=NC(=O)c2ccnn2CC)sc2ccccc21. The van der Waals surface area contributed by atoms with Gasteiger partial charge in [-0.05, 0) is 25.1 Å². The van der Waals surface area contributed by atoms with E-state index in [1.807, 2.05) is 35.8 Å². The number of aromatic nitrogens is 3. The summed E-state index contributed by atoms with van der Waals surface area (Å²) in [5.74, 6) is -0.274. The third kappa shape index (κ3) is 2.53. The molecule has 0 spiro atoms. The zero-order valence-corrected chi connectivity index (χ0v) is 13.1. The summed E-state index contributed by atoms with van der Waals surface area (Å²) >= 11 is 1.50. The molecule has 2 aromatic heterocycles. The normalized spacial score (nSPS) is 12.0. The van der Waals surface area contributed by atoms with Crippen molar-refractivity contribution < 1.29 is 4.79 Å². The Morgan fingerprint density at radius 2 is 2.23 bits per heavy atom. The number of carbonyl (C=O) groups is 1. The van der Waals surface area contributed by atoms with Crippen LogP contribution in [0.1, 0.15) is 17.4 Å². The van der Waals surface area contributed by atoms with E-state index in [-0.39, 0.29) is 5.91 Å². The highest BCUT2D eigenvalue weighted by atomic mass is 32.1. The molecule has 112 valence electrons. The first-order valence-corrected chi connectivity index (χ1v) is 7.86. The van der Waals surface area contributed by atoms with Gasteiger partial charge in [0.2, 0.25) is 0 Å². The highest BCUT2D eigenvalue weighted by Gasteiger charge is 2.11. The van der Waals surface area contributed by atoms with Gasteiger partial charge >= 0.3 is 0 Å². The lowest BCUT2D eigenvalue weighted by Gasteiger charge is -2.01. The highest BCUT2D eigenvalue weighted by molar-refractivity contribution is 7.16. The Labute approximate surface area is 131 Å². The second-order valence-electron chi connectivity index (χ2n) is 4.70. The summed E-state index contributed by atoms with van der Waals surface area (Å²) in [7, 11) is 0. The van der Waals surface area contributed by atoms with Crippen LogP contribution in [0.3, 0.4) is 0 Å². The number of amides is 1. The molecule has 5 nitrogen and oxygen atoms in total. The minimum Gasteiger partial charge on any atom is -0.312 e. The van der Waals surface area contributed by atoms with Gasteiger partial charge in [0.05, 0.1) is 10.2 Å². The van der Waals surface area contributed by atoms with Crippen LogP contribution in [-0.4, -0.2) is 20.3 Å². The molecule has 0 atom stereocenters. The van der Waals surface area contributed by atoms with Gasteiger partial charge in [0.1, 0.15) is 5.69 Å². The zero-order chi connectivity index (χ0) is 15.5. The predicted molar refractivity (Wildman–Crippen MR) is 87.8 cm³/mol. The van der Waals surface area contributed by atoms with Crippen LogP contribution >= 0.6 is 11.3 Å². The molecular formula is C16H16N4OS. The molecule has 0 radical (unpaired) electrons. The second-order valence-corrected chi connectivity index (χ2v) is 5.71. The molecule has 0 saturated carbocycles. The molecule has 3 rings (SSSR count). The maximum absolute atomic E-state index is 12.4. The Morgan fingerprint density at radius 1 is 1.41 bits per heavy atom. The van der Waals surface area contributed by atoms with Gasteiger partial charge in [0.25, 0.3) is 5.91 Å². The van der Waals surface area contributed by atoms with E-state index < -0.39 is 0 Å². The van der Waals surface area contributed by atoms with Crippen molar-refractivity contribution in [2.45, 2.75) is 20.0 Å². The molecule has 1 aromatic carbocycles. The summed E-state index contributed by atoms with van der Waals surface area (Å²) < 4.78 is 4.74. The molecule has 0 bridgehead atoms. The first-order chi connectivity index (χ1) is 10.7. The van der Waals surface area contributed by atoms with Crippen LogP contribution < -0.4 is 4.80 Å². The summed E-state index contributed by atoms with van der Waals surface area (Å²) in [6.07, 6.45) is 3.42. The molecular weight excluding hydrogens is 296 g/mol. The van der Waals surface area contributed by atoms with Crippen LogP contribution in [0.25, 0.3) is 10.2 Å². The number of nitrogens with zero attached hydrogens (tertiary/aromatic N) is 4. The van der Waals surface area contributed by atoms with Crippen molar-refractivity contribution in [2.75, 3.05) is 0 Å². The standard InChI is InChI=1S/C16H16N4OS/c1-3-11-19-12-7-5-6-8-14(12)22-16(19)18-15(21)13-9-10-17-20(13)4-2/h3,5-10H,1,4,11H2,2H3. The number of allylic oxidation sites excluding steroid dienone is 1. The van der Waals surface area contributed by atoms with Crippen LogP contribution in [0.15, 0.2) is 54.2 Å². The summed E-state index contributed by atoms with van der Waals surface area (Å²) in [5, 5.41) is 4.12. The molecule has 1 amide bonds. The van der Waals surface area contributed by atoms with Crippen molar-refractivity contribution in [3.63, 3.8) is 0 Å². The number of hydrogen-bond donors (Lipinski definition) is 0. The lowest BCUT2D eigenvalue weighted by atomic mass is 10.3.